The predicted molar refractivity (Wildman–Crippen MR) is 96.5 cm³/mol. The second-order valence-electron chi connectivity index (χ2n) is 5.29. The molecule has 2 N–H and O–H groups in total. The molecule has 0 atom stereocenters. The summed E-state index contributed by atoms with van der Waals surface area (Å²) in [6, 6.07) is 10.4. The van der Waals surface area contributed by atoms with Crippen LogP contribution in [-0.4, -0.2) is 21.5 Å². The number of hydrogen-bond acceptors (Lipinski definition) is 3. The topological polar surface area (TPSA) is 58.2 Å². The van der Waals surface area contributed by atoms with E-state index >= 15 is 0 Å². The fourth-order valence-electron chi connectivity index (χ4n) is 2.43. The maximum atomic E-state index is 12.5. The van der Waals surface area contributed by atoms with Crippen molar-refractivity contribution in [3.05, 3.63) is 41.4 Å². The molecule has 2 rings (SSSR count). The van der Waals surface area contributed by atoms with Gasteiger partial charge in [0.1, 0.15) is 0 Å². The van der Waals surface area contributed by atoms with E-state index in [1.54, 1.807) is 30.3 Å². The number of rotatable bonds is 9. The van der Waals surface area contributed by atoms with Crippen LogP contribution in [0.1, 0.15) is 25.7 Å². The first kappa shape index (κ1) is 18.5. The Bertz CT molecular complexity index is 751. The van der Waals surface area contributed by atoms with Crippen LogP contribution in [0.25, 0.3) is 10.8 Å². The van der Waals surface area contributed by atoms with Crippen LogP contribution in [-0.2, 0) is 10.0 Å². The zero-order valence-corrected chi connectivity index (χ0v) is 15.0. The summed E-state index contributed by atoms with van der Waals surface area (Å²) < 4.78 is 27.7. The Morgan fingerprint density at radius 2 is 1.52 bits per heavy atom. The third-order valence-corrected chi connectivity index (χ3v) is 5.65. The normalized spacial score (nSPS) is 11.9. The number of benzene rings is 2. The molecular formula is C16H20Cl2N2O2S. The van der Waals surface area contributed by atoms with Crippen molar-refractivity contribution >= 4 is 44.2 Å². The van der Waals surface area contributed by atoms with Crippen LogP contribution in [0.5, 0.6) is 0 Å². The Morgan fingerprint density at radius 3 is 2.26 bits per heavy atom. The molecule has 0 bridgehead atoms. The lowest BCUT2D eigenvalue weighted by molar-refractivity contribution is 0.572. The maximum absolute atomic E-state index is 12.5. The largest absolute Gasteiger partial charge is 0.241 e. The van der Waals surface area contributed by atoms with E-state index in [0.717, 1.165) is 37.6 Å². The quantitative estimate of drug-likeness (QED) is 0.513. The van der Waals surface area contributed by atoms with Gasteiger partial charge in [0, 0.05) is 28.9 Å². The van der Waals surface area contributed by atoms with Crippen molar-refractivity contribution in [1.82, 2.24) is 9.56 Å². The maximum Gasteiger partial charge on any atom is 0.241 e. The van der Waals surface area contributed by atoms with Crippen LogP contribution >= 0.6 is 23.4 Å². The molecule has 2 aromatic carbocycles. The molecule has 2 aromatic rings. The van der Waals surface area contributed by atoms with Crippen molar-refractivity contribution in [2.24, 2.45) is 0 Å². The monoisotopic (exact) mass is 374 g/mol. The zero-order chi connectivity index (χ0) is 16.7. The minimum Gasteiger partial charge on any atom is -0.234 e. The number of sulfonamides is 1. The smallest absolute Gasteiger partial charge is 0.234 e. The molecule has 0 aliphatic rings. The minimum absolute atomic E-state index is 0.267. The van der Waals surface area contributed by atoms with Gasteiger partial charge in [-0.25, -0.2) is 18.0 Å². The molecule has 0 aromatic heterocycles. The fourth-order valence-corrected chi connectivity index (χ4v) is 4.10. The first-order valence-corrected chi connectivity index (χ1v) is 9.80. The van der Waals surface area contributed by atoms with Crippen LogP contribution in [0.4, 0.5) is 0 Å². The molecule has 126 valence electrons. The Labute approximate surface area is 147 Å². The predicted octanol–water partition coefficient (Wildman–Crippen LogP) is 4.08. The summed E-state index contributed by atoms with van der Waals surface area (Å²) in [4.78, 5) is 2.84. The minimum atomic E-state index is -3.54. The summed E-state index contributed by atoms with van der Waals surface area (Å²) in [6.07, 6.45) is 3.76. The number of halogens is 2. The molecule has 0 saturated heterocycles. The van der Waals surface area contributed by atoms with Crippen molar-refractivity contribution in [2.75, 3.05) is 13.1 Å². The van der Waals surface area contributed by atoms with Crippen LogP contribution in [0.3, 0.4) is 0 Å². The molecule has 0 unspecified atom stereocenters. The van der Waals surface area contributed by atoms with E-state index in [1.807, 2.05) is 6.07 Å². The molecule has 7 heteroatoms. The highest BCUT2D eigenvalue weighted by Crippen LogP contribution is 2.28. The van der Waals surface area contributed by atoms with Gasteiger partial charge in [0.05, 0.1) is 4.90 Å². The summed E-state index contributed by atoms with van der Waals surface area (Å²) in [5.41, 5.74) is 0. The highest BCUT2D eigenvalue weighted by molar-refractivity contribution is 7.89. The first-order chi connectivity index (χ1) is 11.1. The average molecular weight is 375 g/mol. The number of nitrogens with one attached hydrogen (secondary N) is 2. The average Bonchev–Trinajstić information content (AvgIpc) is 2.54. The van der Waals surface area contributed by atoms with Gasteiger partial charge < -0.3 is 0 Å². The Hall–Kier alpha value is -0.850. The SMILES string of the molecule is O=S(=O)(NCCCCCCNCl)c1cccc2c(Cl)cccc12. The Kier molecular flexibility index (Phi) is 7.11. The molecule has 0 heterocycles. The van der Waals surface area contributed by atoms with Crippen molar-refractivity contribution < 1.29 is 8.42 Å². The lowest BCUT2D eigenvalue weighted by Crippen LogP contribution is -2.25. The molecule has 0 aliphatic carbocycles. The molecule has 4 nitrogen and oxygen atoms in total. The summed E-state index contributed by atoms with van der Waals surface area (Å²) in [5.74, 6) is 0. The molecule has 0 radical (unpaired) electrons. The van der Waals surface area contributed by atoms with Gasteiger partial charge in [-0.15, -0.1) is 0 Å². The summed E-state index contributed by atoms with van der Waals surface area (Å²) in [6.45, 7) is 1.19. The van der Waals surface area contributed by atoms with Gasteiger partial charge in [0.2, 0.25) is 10.0 Å². The van der Waals surface area contributed by atoms with Crippen molar-refractivity contribution in [2.45, 2.75) is 30.6 Å². The molecule has 23 heavy (non-hydrogen) atoms. The van der Waals surface area contributed by atoms with Gasteiger partial charge in [0.15, 0.2) is 0 Å². The van der Waals surface area contributed by atoms with E-state index in [4.69, 9.17) is 23.4 Å². The lowest BCUT2D eigenvalue weighted by atomic mass is 10.1. The van der Waals surface area contributed by atoms with E-state index in [-0.39, 0.29) is 4.90 Å². The lowest BCUT2D eigenvalue weighted by Gasteiger charge is -2.10. The van der Waals surface area contributed by atoms with E-state index in [0.29, 0.717) is 17.0 Å². The van der Waals surface area contributed by atoms with Gasteiger partial charge in [-0.1, -0.05) is 48.7 Å². The van der Waals surface area contributed by atoms with Gasteiger partial charge in [0.25, 0.3) is 0 Å². The second-order valence-corrected chi connectivity index (χ2v) is 7.70. The van der Waals surface area contributed by atoms with Gasteiger partial charge >= 0.3 is 0 Å². The van der Waals surface area contributed by atoms with Crippen LogP contribution in [0, 0.1) is 0 Å². The van der Waals surface area contributed by atoms with E-state index in [2.05, 4.69) is 9.56 Å². The number of unbranched alkanes of at least 4 members (excludes halogenated alkanes) is 3. The highest BCUT2D eigenvalue weighted by atomic mass is 35.5. The third-order valence-electron chi connectivity index (χ3n) is 3.61. The van der Waals surface area contributed by atoms with Crippen molar-refractivity contribution in [1.29, 1.82) is 0 Å². The summed E-state index contributed by atoms with van der Waals surface area (Å²) >= 11 is 11.5. The second kappa shape index (κ2) is 8.85. The van der Waals surface area contributed by atoms with E-state index < -0.39 is 10.0 Å². The molecule has 0 amide bonds. The standard InChI is InChI=1S/C16H20Cl2N2O2S/c17-15-9-5-8-14-13(15)7-6-10-16(14)23(21,22)20-12-4-2-1-3-11-19-18/h5-10,19-20H,1-4,11-12H2. The van der Waals surface area contributed by atoms with Gasteiger partial charge in [-0.3, -0.25) is 0 Å². The highest BCUT2D eigenvalue weighted by Gasteiger charge is 2.17. The summed E-state index contributed by atoms with van der Waals surface area (Å²) in [5, 5.41) is 1.93. The number of hydrogen-bond donors (Lipinski definition) is 2. The van der Waals surface area contributed by atoms with Crippen LogP contribution in [0.15, 0.2) is 41.3 Å². The van der Waals surface area contributed by atoms with Crippen LogP contribution < -0.4 is 9.56 Å². The number of fused-ring (bicyclic) bond motifs is 1. The summed E-state index contributed by atoms with van der Waals surface area (Å²) in [7, 11) is -3.54. The van der Waals surface area contributed by atoms with Crippen LogP contribution in [0.2, 0.25) is 5.02 Å². The van der Waals surface area contributed by atoms with Gasteiger partial charge in [-0.2, -0.15) is 0 Å². The molecule has 0 aliphatic heterocycles. The third kappa shape index (κ3) is 5.06. The zero-order valence-electron chi connectivity index (χ0n) is 12.7. The fraction of sp³-hybridized carbons (Fsp3) is 0.375. The molecule has 0 spiro atoms. The van der Waals surface area contributed by atoms with Crippen molar-refractivity contribution in [3.63, 3.8) is 0 Å². The molecular weight excluding hydrogens is 355 g/mol. The van der Waals surface area contributed by atoms with E-state index in [9.17, 15) is 8.42 Å². The molecule has 0 saturated carbocycles. The van der Waals surface area contributed by atoms with E-state index in [1.165, 1.54) is 0 Å². The Morgan fingerprint density at radius 1 is 0.870 bits per heavy atom. The van der Waals surface area contributed by atoms with Gasteiger partial charge in [-0.05, 0) is 36.8 Å². The van der Waals surface area contributed by atoms with Crippen molar-refractivity contribution in [3.8, 4) is 0 Å². The molecule has 0 fully saturated rings. The first-order valence-electron chi connectivity index (χ1n) is 7.56. The Balaban J connectivity index is 2.02.